The van der Waals surface area contributed by atoms with E-state index in [9.17, 15) is 14.0 Å². The second-order valence-corrected chi connectivity index (χ2v) is 6.33. The topological polar surface area (TPSA) is 49.4 Å². The van der Waals surface area contributed by atoms with Gasteiger partial charge in [-0.25, -0.2) is 4.39 Å². The molecule has 1 aliphatic rings. The van der Waals surface area contributed by atoms with Crippen LogP contribution in [-0.2, 0) is 9.59 Å². The summed E-state index contributed by atoms with van der Waals surface area (Å²) < 4.78 is 13.1. The zero-order chi connectivity index (χ0) is 16.3. The van der Waals surface area contributed by atoms with Crippen LogP contribution in [0.5, 0.6) is 0 Å². The average molecular weight is 306 g/mol. The first-order chi connectivity index (χ1) is 10.4. The van der Waals surface area contributed by atoms with Crippen molar-refractivity contribution in [2.75, 3.05) is 19.6 Å². The van der Waals surface area contributed by atoms with Crippen LogP contribution in [-0.4, -0.2) is 36.3 Å². The number of likely N-dealkylation sites (tertiary alicyclic amines) is 1. The van der Waals surface area contributed by atoms with Gasteiger partial charge in [-0.05, 0) is 23.6 Å². The van der Waals surface area contributed by atoms with Crippen LogP contribution in [0, 0.1) is 17.7 Å². The smallest absolute Gasteiger partial charge is 0.225 e. The minimum atomic E-state index is -0.300. The molecule has 1 N–H and O–H groups in total. The van der Waals surface area contributed by atoms with Gasteiger partial charge in [-0.3, -0.25) is 9.59 Å². The van der Waals surface area contributed by atoms with Gasteiger partial charge in [0, 0.05) is 32.5 Å². The fourth-order valence-electron chi connectivity index (χ4n) is 2.81. The van der Waals surface area contributed by atoms with Crippen molar-refractivity contribution in [3.05, 3.63) is 35.6 Å². The molecule has 2 atom stereocenters. The van der Waals surface area contributed by atoms with Crippen molar-refractivity contribution in [2.24, 2.45) is 11.8 Å². The van der Waals surface area contributed by atoms with Crippen LogP contribution >= 0.6 is 0 Å². The van der Waals surface area contributed by atoms with Gasteiger partial charge in [-0.15, -0.1) is 0 Å². The van der Waals surface area contributed by atoms with Crippen molar-refractivity contribution in [1.82, 2.24) is 10.2 Å². The van der Waals surface area contributed by atoms with Gasteiger partial charge in [0.05, 0.1) is 5.92 Å². The van der Waals surface area contributed by atoms with Gasteiger partial charge < -0.3 is 10.2 Å². The van der Waals surface area contributed by atoms with Crippen LogP contribution in [0.3, 0.4) is 0 Å². The Morgan fingerprint density at radius 2 is 1.91 bits per heavy atom. The van der Waals surface area contributed by atoms with Crippen molar-refractivity contribution >= 4 is 11.8 Å². The van der Waals surface area contributed by atoms with Crippen molar-refractivity contribution in [3.63, 3.8) is 0 Å². The molecule has 22 heavy (non-hydrogen) atoms. The third-order valence-electron chi connectivity index (χ3n) is 4.08. The highest BCUT2D eigenvalue weighted by molar-refractivity contribution is 5.82. The number of amides is 2. The first kappa shape index (κ1) is 16.5. The molecule has 0 spiro atoms. The van der Waals surface area contributed by atoms with E-state index in [0.717, 1.165) is 5.56 Å². The van der Waals surface area contributed by atoms with E-state index in [1.807, 2.05) is 13.8 Å². The van der Waals surface area contributed by atoms with Gasteiger partial charge in [-0.2, -0.15) is 0 Å². The van der Waals surface area contributed by atoms with E-state index in [4.69, 9.17) is 0 Å². The molecule has 4 nitrogen and oxygen atoms in total. The Balaban J connectivity index is 2.17. The summed E-state index contributed by atoms with van der Waals surface area (Å²) in [6, 6.07) is 6.20. The Kier molecular flexibility index (Phi) is 5.16. The third-order valence-corrected chi connectivity index (χ3v) is 4.08. The minimum absolute atomic E-state index is 0.0354. The molecule has 0 radical (unpaired) electrons. The molecule has 2 rings (SSSR count). The van der Waals surface area contributed by atoms with E-state index < -0.39 is 0 Å². The van der Waals surface area contributed by atoms with E-state index in [1.54, 1.807) is 17.0 Å². The quantitative estimate of drug-likeness (QED) is 0.927. The minimum Gasteiger partial charge on any atom is -0.356 e. The molecule has 0 aliphatic carbocycles. The largest absolute Gasteiger partial charge is 0.356 e. The molecule has 1 aliphatic heterocycles. The number of hydrogen-bond donors (Lipinski definition) is 1. The summed E-state index contributed by atoms with van der Waals surface area (Å²) in [4.78, 5) is 25.8. The number of carbonyl (C=O) groups excluding carboxylic acids is 2. The molecule has 1 saturated heterocycles. The van der Waals surface area contributed by atoms with Crippen LogP contribution in [0.15, 0.2) is 24.3 Å². The molecule has 1 fully saturated rings. The molecular formula is C17H23FN2O2. The lowest BCUT2D eigenvalue weighted by Crippen LogP contribution is -2.37. The van der Waals surface area contributed by atoms with E-state index >= 15 is 0 Å². The molecule has 5 heteroatoms. The summed E-state index contributed by atoms with van der Waals surface area (Å²) in [7, 11) is 0. The summed E-state index contributed by atoms with van der Waals surface area (Å²) in [5.41, 5.74) is 0.898. The van der Waals surface area contributed by atoms with Crippen molar-refractivity contribution in [1.29, 1.82) is 0 Å². The van der Waals surface area contributed by atoms with Crippen LogP contribution in [0.2, 0.25) is 0 Å². The molecule has 0 unspecified atom stereocenters. The molecule has 1 aromatic rings. The summed E-state index contributed by atoms with van der Waals surface area (Å²) in [6.45, 7) is 7.12. The number of hydrogen-bond acceptors (Lipinski definition) is 2. The number of benzene rings is 1. The van der Waals surface area contributed by atoms with Crippen molar-refractivity contribution in [3.8, 4) is 0 Å². The van der Waals surface area contributed by atoms with Crippen molar-refractivity contribution < 1.29 is 14.0 Å². The number of carbonyl (C=O) groups is 2. The van der Waals surface area contributed by atoms with Crippen LogP contribution < -0.4 is 5.32 Å². The van der Waals surface area contributed by atoms with Crippen LogP contribution in [0.1, 0.15) is 32.3 Å². The zero-order valence-electron chi connectivity index (χ0n) is 13.3. The maximum atomic E-state index is 13.1. The highest BCUT2D eigenvalue weighted by Crippen LogP contribution is 2.33. The molecule has 1 heterocycles. The summed E-state index contributed by atoms with van der Waals surface area (Å²) in [6.07, 6.45) is 0. The summed E-state index contributed by atoms with van der Waals surface area (Å²) in [5.74, 6) is -0.368. The maximum absolute atomic E-state index is 13.1. The predicted molar refractivity (Wildman–Crippen MR) is 82.7 cm³/mol. The Labute approximate surface area is 130 Å². The standard InChI is InChI=1S/C17H23FN2O2/c1-11(2)8-19-17(22)16-10-20(12(3)21)9-15(16)13-4-6-14(18)7-5-13/h4-7,11,15-16H,8-10H2,1-3H3,(H,19,22)/t15-,16-/m1/s1. The number of nitrogens with zero attached hydrogens (tertiary/aromatic N) is 1. The highest BCUT2D eigenvalue weighted by atomic mass is 19.1. The van der Waals surface area contributed by atoms with Gasteiger partial charge in [0.1, 0.15) is 5.82 Å². The second kappa shape index (κ2) is 6.90. The fraction of sp³-hybridized carbons (Fsp3) is 0.529. The Bertz CT molecular complexity index is 542. The lowest BCUT2D eigenvalue weighted by molar-refractivity contribution is -0.128. The van der Waals surface area contributed by atoms with E-state index in [2.05, 4.69) is 5.32 Å². The van der Waals surface area contributed by atoms with E-state index in [0.29, 0.717) is 25.6 Å². The Hall–Kier alpha value is -1.91. The summed E-state index contributed by atoms with van der Waals surface area (Å²) >= 11 is 0. The normalized spacial score (nSPS) is 21.2. The maximum Gasteiger partial charge on any atom is 0.225 e. The predicted octanol–water partition coefficient (Wildman–Crippen LogP) is 2.16. The second-order valence-electron chi connectivity index (χ2n) is 6.33. The van der Waals surface area contributed by atoms with E-state index in [-0.39, 0.29) is 29.5 Å². The summed E-state index contributed by atoms with van der Waals surface area (Å²) in [5, 5.41) is 2.94. The lowest BCUT2D eigenvalue weighted by Gasteiger charge is -2.18. The first-order valence-electron chi connectivity index (χ1n) is 7.67. The Morgan fingerprint density at radius 3 is 2.45 bits per heavy atom. The third kappa shape index (κ3) is 3.84. The highest BCUT2D eigenvalue weighted by Gasteiger charge is 2.39. The van der Waals surface area contributed by atoms with Crippen LogP contribution in [0.4, 0.5) is 4.39 Å². The van der Waals surface area contributed by atoms with Gasteiger partial charge in [-0.1, -0.05) is 26.0 Å². The Morgan fingerprint density at radius 1 is 1.27 bits per heavy atom. The van der Waals surface area contributed by atoms with Crippen LogP contribution in [0.25, 0.3) is 0 Å². The molecule has 120 valence electrons. The molecule has 2 amide bonds. The average Bonchev–Trinajstić information content (AvgIpc) is 2.91. The molecule has 0 saturated carbocycles. The van der Waals surface area contributed by atoms with E-state index in [1.165, 1.54) is 19.1 Å². The van der Waals surface area contributed by atoms with Gasteiger partial charge in [0.25, 0.3) is 0 Å². The number of rotatable bonds is 4. The fourth-order valence-corrected chi connectivity index (χ4v) is 2.81. The molecular weight excluding hydrogens is 283 g/mol. The van der Waals surface area contributed by atoms with Crippen molar-refractivity contribution in [2.45, 2.75) is 26.7 Å². The van der Waals surface area contributed by atoms with Gasteiger partial charge >= 0.3 is 0 Å². The lowest BCUT2D eigenvalue weighted by atomic mass is 9.88. The first-order valence-corrected chi connectivity index (χ1v) is 7.67. The monoisotopic (exact) mass is 306 g/mol. The van der Waals surface area contributed by atoms with Gasteiger partial charge in [0.2, 0.25) is 11.8 Å². The number of nitrogens with one attached hydrogen (secondary N) is 1. The van der Waals surface area contributed by atoms with Gasteiger partial charge in [0.15, 0.2) is 0 Å². The number of halogens is 1. The molecule has 0 aromatic heterocycles. The molecule has 0 bridgehead atoms. The SMILES string of the molecule is CC(=O)N1C[C@H](c2ccc(F)cc2)[C@H](C(=O)NCC(C)C)C1. The molecule has 1 aromatic carbocycles. The zero-order valence-corrected chi connectivity index (χ0v) is 13.3.